The zero-order valence-electron chi connectivity index (χ0n) is 35.0. The topological polar surface area (TPSA) is 227 Å². The molecule has 2 aliphatic heterocycles. The van der Waals surface area contributed by atoms with Gasteiger partial charge in [-0.15, -0.1) is 0 Å². The average molecular weight is 825 g/mol. The van der Waals surface area contributed by atoms with E-state index in [0.29, 0.717) is 18.3 Å². The molecular weight excluding hydrogens is 768 g/mol. The summed E-state index contributed by atoms with van der Waals surface area (Å²) < 4.78 is 29.3. The van der Waals surface area contributed by atoms with Crippen LogP contribution in [0.4, 0.5) is 4.79 Å². The molecule has 6 rings (SSSR count). The molecule has 16 heteroatoms. The minimum atomic E-state index is -2.14. The average Bonchev–Trinajstić information content (AvgIpc) is 3.41. The lowest BCUT2D eigenvalue weighted by molar-refractivity contribution is -0.584. The SMILES string of the molecule is COC(=O)NC1C(C)OC(OC2C/C=C(\C)C3C=CC4C(O)C(C)CC(C)C4C3(C)/C(O)=C3\C(=O)OC4(CC(C=O)=CC(OC(C)=O)C4/C=C/2C)C3=O)CC1(C)[N+](=O)[O-]. The predicted octanol–water partition coefficient (Wildman–Crippen LogP) is 4.78. The number of carbonyl (C=O) groups excluding carboxylic acids is 5. The molecule has 1 amide bonds. The van der Waals surface area contributed by atoms with Crippen LogP contribution in [0, 0.1) is 51.0 Å². The zero-order chi connectivity index (χ0) is 43.5. The van der Waals surface area contributed by atoms with Crippen molar-refractivity contribution >= 4 is 30.1 Å². The summed E-state index contributed by atoms with van der Waals surface area (Å²) in [4.78, 5) is 78.7. The van der Waals surface area contributed by atoms with Crippen molar-refractivity contribution in [3.05, 3.63) is 68.5 Å². The molecule has 15 unspecified atom stereocenters. The number of ketones is 1. The first kappa shape index (κ1) is 43.9. The molecule has 322 valence electrons. The number of hydrogen-bond donors (Lipinski definition) is 3. The third-order valence-corrected chi connectivity index (χ3v) is 14.0. The van der Waals surface area contributed by atoms with E-state index in [1.807, 2.05) is 39.0 Å². The minimum absolute atomic E-state index is 0.0385. The summed E-state index contributed by atoms with van der Waals surface area (Å²) in [7, 11) is 1.15. The number of esters is 2. The summed E-state index contributed by atoms with van der Waals surface area (Å²) in [5.41, 5.74) is -4.55. The van der Waals surface area contributed by atoms with Gasteiger partial charge in [0.25, 0.3) is 0 Å². The standard InChI is InChI=1S/C43H56N2O14/c1-20-10-13-30(58-32-18-41(7,45(53)54)36(24(5)56-32)44-40(52)55-9)21(2)15-29-31(57-25(6)47)16-26(19-46)17-43(29)38(50)33(39(51)59-43)37(49)42(8)28(20)12-11-27-34(42)22(3)14-23(4)35(27)48/h10-12,15-16,19,22-24,27-32,34-36,48-49H,13-14,17-18H2,1-9H3,(H,44,52)/b20-10+,21-15+,37-33+. The highest BCUT2D eigenvalue weighted by atomic mass is 16.7. The number of nitrogens with one attached hydrogen (secondary N) is 1. The van der Waals surface area contributed by atoms with Crippen LogP contribution in [0.15, 0.2) is 58.4 Å². The Morgan fingerprint density at radius 2 is 1.78 bits per heavy atom. The van der Waals surface area contributed by atoms with E-state index in [2.05, 4.69) is 5.32 Å². The van der Waals surface area contributed by atoms with Gasteiger partial charge in [-0.05, 0) is 68.6 Å². The molecule has 3 N–H and O–H groups in total. The van der Waals surface area contributed by atoms with Crippen LogP contribution >= 0.6 is 0 Å². The largest absolute Gasteiger partial charge is 0.511 e. The number of nitro groups is 1. The van der Waals surface area contributed by atoms with E-state index in [9.17, 15) is 39.5 Å². The Hall–Kier alpha value is -4.67. The first-order chi connectivity index (χ1) is 27.6. The van der Waals surface area contributed by atoms with Gasteiger partial charge in [-0.2, -0.15) is 0 Å². The number of aliphatic hydroxyl groups excluding tert-OH is 2. The van der Waals surface area contributed by atoms with Gasteiger partial charge in [0.15, 0.2) is 11.9 Å². The lowest BCUT2D eigenvalue weighted by Crippen LogP contribution is -2.65. The van der Waals surface area contributed by atoms with Crippen LogP contribution < -0.4 is 5.32 Å². The maximum Gasteiger partial charge on any atom is 0.407 e. The highest BCUT2D eigenvalue weighted by molar-refractivity contribution is 6.26. The number of methoxy groups -OCH3 is 1. The van der Waals surface area contributed by atoms with E-state index in [1.165, 1.54) is 13.0 Å². The Balaban J connectivity index is 1.54. The van der Waals surface area contributed by atoms with Crippen molar-refractivity contribution in [1.82, 2.24) is 5.32 Å². The van der Waals surface area contributed by atoms with Crippen LogP contribution in [0.25, 0.3) is 0 Å². The molecule has 2 saturated heterocycles. The molecule has 2 bridgehead atoms. The number of alkyl carbamates (subject to hydrolysis) is 1. The molecule has 1 saturated carbocycles. The highest BCUT2D eigenvalue weighted by Gasteiger charge is 2.65. The van der Waals surface area contributed by atoms with Crippen molar-refractivity contribution in [2.75, 3.05) is 7.11 Å². The van der Waals surface area contributed by atoms with E-state index < -0.39 is 117 Å². The fourth-order valence-corrected chi connectivity index (χ4v) is 11.1. The molecule has 0 radical (unpaired) electrons. The van der Waals surface area contributed by atoms with Gasteiger partial charge in [0.1, 0.15) is 29.8 Å². The van der Waals surface area contributed by atoms with E-state index in [-0.39, 0.29) is 36.7 Å². The quantitative estimate of drug-likeness (QED) is 0.0624. The Morgan fingerprint density at radius 3 is 2.41 bits per heavy atom. The van der Waals surface area contributed by atoms with Gasteiger partial charge in [0, 0.05) is 42.4 Å². The van der Waals surface area contributed by atoms with Crippen LogP contribution in [-0.2, 0) is 42.9 Å². The van der Waals surface area contributed by atoms with Gasteiger partial charge in [0.05, 0.1) is 37.8 Å². The second-order valence-corrected chi connectivity index (χ2v) is 17.8. The number of ether oxygens (including phenoxy) is 5. The highest BCUT2D eigenvalue weighted by Crippen LogP contribution is 2.60. The summed E-state index contributed by atoms with van der Waals surface area (Å²) in [6.45, 7) is 13.5. The molecule has 0 aromatic heterocycles. The number of allylic oxidation sites excluding steroid dienone is 3. The molecule has 3 fully saturated rings. The Morgan fingerprint density at radius 1 is 1.08 bits per heavy atom. The molecule has 4 aliphatic carbocycles. The lowest BCUT2D eigenvalue weighted by atomic mass is 9.49. The summed E-state index contributed by atoms with van der Waals surface area (Å²) in [5.74, 6) is -6.03. The van der Waals surface area contributed by atoms with Gasteiger partial charge in [-0.25, -0.2) is 9.59 Å². The smallest absolute Gasteiger partial charge is 0.407 e. The molecular formula is C43H56N2O14. The van der Waals surface area contributed by atoms with Gasteiger partial charge in [-0.3, -0.25) is 24.5 Å². The zero-order valence-corrected chi connectivity index (χ0v) is 35.0. The number of fused-ring (bicyclic) bond motifs is 4. The first-order valence-electron chi connectivity index (χ1n) is 20.2. The van der Waals surface area contributed by atoms with Crippen LogP contribution in [0.1, 0.15) is 81.1 Å². The second kappa shape index (κ2) is 16.1. The van der Waals surface area contributed by atoms with Crippen molar-refractivity contribution in [3.8, 4) is 0 Å². The second-order valence-electron chi connectivity index (χ2n) is 17.8. The van der Waals surface area contributed by atoms with Gasteiger partial charge < -0.3 is 39.2 Å². The van der Waals surface area contributed by atoms with Gasteiger partial charge >= 0.3 is 18.0 Å². The molecule has 2 heterocycles. The Labute approximate surface area is 343 Å². The molecule has 1 spiro atoms. The molecule has 0 aromatic carbocycles. The number of carbonyl (C=O) groups is 5. The summed E-state index contributed by atoms with van der Waals surface area (Å²) in [5, 5.41) is 39.3. The van der Waals surface area contributed by atoms with Crippen molar-refractivity contribution in [1.29, 1.82) is 0 Å². The van der Waals surface area contributed by atoms with Gasteiger partial charge in [-0.1, -0.05) is 50.6 Å². The number of amides is 1. The lowest BCUT2D eigenvalue weighted by Gasteiger charge is -2.55. The van der Waals surface area contributed by atoms with Crippen molar-refractivity contribution in [3.63, 3.8) is 0 Å². The molecule has 59 heavy (non-hydrogen) atoms. The third-order valence-electron chi connectivity index (χ3n) is 14.0. The van der Waals surface area contributed by atoms with Crippen LogP contribution in [-0.4, -0.2) is 100 Å². The third kappa shape index (κ3) is 7.34. The Bertz CT molecular complexity index is 1950. The molecule has 6 aliphatic rings. The first-order valence-corrected chi connectivity index (χ1v) is 20.2. The molecule has 16 nitrogen and oxygen atoms in total. The van der Waals surface area contributed by atoms with E-state index in [1.54, 1.807) is 26.8 Å². The Kier molecular flexibility index (Phi) is 12.0. The van der Waals surface area contributed by atoms with Crippen LogP contribution in [0.5, 0.6) is 0 Å². The van der Waals surface area contributed by atoms with Crippen molar-refractivity contribution in [2.45, 2.75) is 129 Å². The van der Waals surface area contributed by atoms with E-state index in [0.717, 1.165) is 19.6 Å². The monoisotopic (exact) mass is 824 g/mol. The maximum atomic E-state index is 15.1. The normalized spacial score (nSPS) is 45.1. The molecule has 0 aromatic rings. The van der Waals surface area contributed by atoms with E-state index >= 15 is 4.79 Å². The fourth-order valence-electron chi connectivity index (χ4n) is 11.1. The number of rotatable bonds is 6. The number of hydrogen-bond acceptors (Lipinski definition) is 14. The number of Topliss-reactive ketones (excluding diaryl/α,β-unsaturated/α-hetero) is 1. The molecule has 15 atom stereocenters. The van der Waals surface area contributed by atoms with Crippen molar-refractivity contribution in [2.24, 2.45) is 40.9 Å². The van der Waals surface area contributed by atoms with Crippen molar-refractivity contribution < 1.29 is 62.8 Å². The van der Waals surface area contributed by atoms with E-state index in [4.69, 9.17) is 23.7 Å². The summed E-state index contributed by atoms with van der Waals surface area (Å²) in [6.07, 6.45) is 3.42. The van der Waals surface area contributed by atoms with Gasteiger partial charge in [0.2, 0.25) is 11.3 Å². The number of aldehydes is 1. The number of nitrogens with zero attached hydrogens (tertiary/aromatic N) is 1. The minimum Gasteiger partial charge on any atom is -0.511 e. The van der Waals surface area contributed by atoms with Crippen LogP contribution in [0.2, 0.25) is 0 Å². The summed E-state index contributed by atoms with van der Waals surface area (Å²) in [6, 6.07) is -1.09. The fraction of sp³-hybridized carbons (Fsp3) is 0.651. The van der Waals surface area contributed by atoms with Crippen LogP contribution in [0.3, 0.4) is 0 Å². The summed E-state index contributed by atoms with van der Waals surface area (Å²) >= 11 is 0. The predicted molar refractivity (Wildman–Crippen MR) is 209 cm³/mol. The number of aliphatic hydroxyl groups is 2. The maximum absolute atomic E-state index is 15.1.